The molecule has 0 aliphatic heterocycles. The summed E-state index contributed by atoms with van der Waals surface area (Å²) in [6, 6.07) is 17.8. The van der Waals surface area contributed by atoms with Gasteiger partial charge in [0.2, 0.25) is 0 Å². The van der Waals surface area contributed by atoms with Gasteiger partial charge in [0.15, 0.2) is 0 Å². The molecule has 2 N–H and O–H groups in total. The Morgan fingerprint density at radius 3 is 2.19 bits per heavy atom. The number of carbonyl (C=O) groups excluding carboxylic acids is 2. The second-order valence-corrected chi connectivity index (χ2v) is 7.33. The summed E-state index contributed by atoms with van der Waals surface area (Å²) < 4.78 is 5.21. The summed E-state index contributed by atoms with van der Waals surface area (Å²) >= 11 is 0. The number of amides is 1. The van der Waals surface area contributed by atoms with Gasteiger partial charge in [-0.2, -0.15) is 0 Å². The summed E-state index contributed by atoms with van der Waals surface area (Å²) in [5.41, 5.74) is 1.55. The number of para-hydroxylation sites is 1. The summed E-state index contributed by atoms with van der Waals surface area (Å²) in [5, 5.41) is 15.1. The molecule has 0 aromatic heterocycles. The molecule has 0 unspecified atom stereocenters. The fraction of sp³-hybridized carbons (Fsp3) is 0.375. The van der Waals surface area contributed by atoms with Gasteiger partial charge in [0.25, 0.3) is 5.91 Å². The zero-order valence-electron chi connectivity index (χ0n) is 18.7. The number of carboxylic acid groups (broad SMARTS) is 1. The van der Waals surface area contributed by atoms with Gasteiger partial charge < -0.3 is 15.2 Å². The molecular formula is C24H31N3O5. The van der Waals surface area contributed by atoms with Gasteiger partial charge in [-0.25, -0.2) is 5.01 Å². The van der Waals surface area contributed by atoms with Crippen LogP contribution in [0.5, 0.6) is 0 Å². The van der Waals surface area contributed by atoms with Crippen LogP contribution in [0.3, 0.4) is 0 Å². The van der Waals surface area contributed by atoms with Crippen molar-refractivity contribution in [2.75, 3.05) is 31.8 Å². The van der Waals surface area contributed by atoms with Gasteiger partial charge in [0, 0.05) is 7.05 Å². The van der Waals surface area contributed by atoms with E-state index in [2.05, 4.69) is 5.32 Å². The third-order valence-electron chi connectivity index (χ3n) is 5.06. The molecule has 0 saturated heterocycles. The second kappa shape index (κ2) is 12.5. The highest BCUT2D eigenvalue weighted by molar-refractivity contribution is 5.86. The number of hydrogen-bond acceptors (Lipinski definition) is 6. The molecule has 0 aliphatic carbocycles. The molecule has 0 spiro atoms. The normalized spacial score (nSPS) is 12.5. The van der Waals surface area contributed by atoms with Gasteiger partial charge in [-0.05, 0) is 44.5 Å². The van der Waals surface area contributed by atoms with Crippen LogP contribution in [0.4, 0.5) is 5.69 Å². The fourth-order valence-electron chi connectivity index (χ4n) is 3.35. The molecule has 32 heavy (non-hydrogen) atoms. The third kappa shape index (κ3) is 7.09. The van der Waals surface area contributed by atoms with Gasteiger partial charge >= 0.3 is 11.9 Å². The topological polar surface area (TPSA) is 99.2 Å². The molecule has 0 saturated carbocycles. The van der Waals surface area contributed by atoms with Crippen LogP contribution in [0, 0.1) is 0 Å². The average molecular weight is 442 g/mol. The Morgan fingerprint density at radius 2 is 1.62 bits per heavy atom. The van der Waals surface area contributed by atoms with Crippen LogP contribution in [-0.4, -0.2) is 60.7 Å². The quantitative estimate of drug-likeness (QED) is 0.386. The lowest BCUT2D eigenvalue weighted by molar-refractivity contribution is -0.146. The summed E-state index contributed by atoms with van der Waals surface area (Å²) in [7, 11) is 1.65. The van der Waals surface area contributed by atoms with Crippen LogP contribution in [0.1, 0.15) is 31.7 Å². The van der Waals surface area contributed by atoms with E-state index in [-0.39, 0.29) is 11.9 Å². The number of benzene rings is 2. The summed E-state index contributed by atoms with van der Waals surface area (Å²) in [6.07, 6.45) is 0.438. The summed E-state index contributed by atoms with van der Waals surface area (Å²) in [6.45, 7) is 3.64. The number of nitrogens with one attached hydrogen (secondary N) is 1. The molecule has 8 heteroatoms. The third-order valence-corrected chi connectivity index (χ3v) is 5.06. The predicted molar refractivity (Wildman–Crippen MR) is 122 cm³/mol. The molecule has 0 heterocycles. The maximum Gasteiger partial charge on any atom is 0.325 e. The van der Waals surface area contributed by atoms with Crippen LogP contribution < -0.4 is 10.3 Å². The lowest BCUT2D eigenvalue weighted by Crippen LogP contribution is -2.53. The van der Waals surface area contributed by atoms with Crippen molar-refractivity contribution in [3.63, 3.8) is 0 Å². The number of ether oxygens (including phenoxy) is 1. The molecule has 0 bridgehead atoms. The second-order valence-electron chi connectivity index (χ2n) is 7.33. The minimum Gasteiger partial charge on any atom is -0.480 e. The minimum atomic E-state index is -1.11. The fourth-order valence-corrected chi connectivity index (χ4v) is 3.35. The van der Waals surface area contributed by atoms with E-state index >= 15 is 0 Å². The lowest BCUT2D eigenvalue weighted by Gasteiger charge is -2.34. The highest BCUT2D eigenvalue weighted by atomic mass is 16.5. The zero-order chi connectivity index (χ0) is 23.5. The number of anilines is 1. The smallest absolute Gasteiger partial charge is 0.325 e. The van der Waals surface area contributed by atoms with E-state index in [9.17, 15) is 19.5 Å². The molecule has 2 aromatic rings. The van der Waals surface area contributed by atoms with E-state index in [1.807, 2.05) is 48.5 Å². The Hall–Kier alpha value is -3.39. The van der Waals surface area contributed by atoms with E-state index in [0.717, 1.165) is 5.56 Å². The number of rotatable bonds is 12. The molecule has 2 aromatic carbocycles. The van der Waals surface area contributed by atoms with Crippen LogP contribution in [0.15, 0.2) is 60.7 Å². The van der Waals surface area contributed by atoms with Crippen LogP contribution in [0.2, 0.25) is 0 Å². The number of hydrazine groups is 1. The first-order valence-corrected chi connectivity index (χ1v) is 10.6. The van der Waals surface area contributed by atoms with Gasteiger partial charge in [0.1, 0.15) is 6.54 Å². The predicted octanol–water partition coefficient (Wildman–Crippen LogP) is 2.67. The van der Waals surface area contributed by atoms with Crippen molar-refractivity contribution in [1.82, 2.24) is 10.3 Å². The van der Waals surface area contributed by atoms with Crippen LogP contribution >= 0.6 is 0 Å². The number of esters is 1. The van der Waals surface area contributed by atoms with Crippen molar-refractivity contribution in [2.45, 2.75) is 32.2 Å². The molecule has 8 nitrogen and oxygen atoms in total. The number of carboxylic acids is 1. The first-order valence-electron chi connectivity index (χ1n) is 10.6. The Balaban J connectivity index is 2.04. The first kappa shape index (κ1) is 24.9. The number of nitrogens with zero attached hydrogens (tertiary/aromatic N) is 2. The molecule has 0 radical (unpaired) electrons. The van der Waals surface area contributed by atoms with Gasteiger partial charge in [-0.3, -0.25) is 19.4 Å². The molecule has 2 atom stereocenters. The Morgan fingerprint density at radius 1 is 1.03 bits per heavy atom. The van der Waals surface area contributed by atoms with Crippen molar-refractivity contribution in [3.8, 4) is 0 Å². The van der Waals surface area contributed by atoms with E-state index in [0.29, 0.717) is 25.3 Å². The Bertz CT molecular complexity index is 876. The molecule has 0 aliphatic rings. The average Bonchev–Trinajstić information content (AvgIpc) is 2.80. The van der Waals surface area contributed by atoms with Crippen molar-refractivity contribution in [2.24, 2.45) is 0 Å². The SMILES string of the molecule is CCOC(=O)[C@@H](CCN[C@@H](C)C(=O)N(CC(=O)O)N(C)c1ccccc1)c1ccccc1. The highest BCUT2D eigenvalue weighted by Crippen LogP contribution is 2.21. The Labute approximate surface area is 188 Å². The summed E-state index contributed by atoms with van der Waals surface area (Å²) in [5.74, 6) is -2.25. The molecule has 2 rings (SSSR count). The van der Waals surface area contributed by atoms with E-state index in [4.69, 9.17) is 4.74 Å². The van der Waals surface area contributed by atoms with E-state index in [1.54, 1.807) is 33.0 Å². The molecule has 1 amide bonds. The maximum absolute atomic E-state index is 13.0. The number of aliphatic carboxylic acids is 1. The molecule has 172 valence electrons. The number of hydrogen-bond donors (Lipinski definition) is 2. The van der Waals surface area contributed by atoms with Crippen molar-refractivity contribution >= 4 is 23.5 Å². The Kier molecular flexibility index (Phi) is 9.69. The molecule has 0 fully saturated rings. The van der Waals surface area contributed by atoms with Crippen LogP contribution in [0.25, 0.3) is 0 Å². The standard InChI is InChI=1S/C24H31N3O5/c1-4-32-24(31)21(19-11-7-5-8-12-19)15-16-25-18(2)23(30)27(17-22(28)29)26(3)20-13-9-6-10-14-20/h5-14,18,21,25H,4,15-17H2,1-3H3,(H,28,29)/t18-,21-/m0/s1. The first-order chi connectivity index (χ1) is 15.3. The van der Waals surface area contributed by atoms with Crippen LogP contribution in [-0.2, 0) is 19.1 Å². The van der Waals surface area contributed by atoms with Crippen molar-refractivity contribution in [1.29, 1.82) is 0 Å². The van der Waals surface area contributed by atoms with E-state index < -0.39 is 24.5 Å². The van der Waals surface area contributed by atoms with Gasteiger partial charge in [0.05, 0.1) is 24.3 Å². The summed E-state index contributed by atoms with van der Waals surface area (Å²) in [4.78, 5) is 36.9. The highest BCUT2D eigenvalue weighted by Gasteiger charge is 2.27. The number of carbonyl (C=O) groups is 3. The monoisotopic (exact) mass is 441 g/mol. The lowest BCUT2D eigenvalue weighted by atomic mass is 9.95. The van der Waals surface area contributed by atoms with Gasteiger partial charge in [-0.1, -0.05) is 48.5 Å². The largest absolute Gasteiger partial charge is 0.480 e. The van der Waals surface area contributed by atoms with Crippen molar-refractivity contribution < 1.29 is 24.2 Å². The van der Waals surface area contributed by atoms with Gasteiger partial charge in [-0.15, -0.1) is 0 Å². The minimum absolute atomic E-state index is 0.292. The van der Waals surface area contributed by atoms with E-state index in [1.165, 1.54) is 10.0 Å². The maximum atomic E-state index is 13.0. The van der Waals surface area contributed by atoms with Crippen molar-refractivity contribution in [3.05, 3.63) is 66.2 Å². The molecular weight excluding hydrogens is 410 g/mol. The zero-order valence-corrected chi connectivity index (χ0v) is 18.7.